The molecular weight excluding hydrogens is 208 g/mol. The predicted octanol–water partition coefficient (Wildman–Crippen LogP) is 3.25. The Morgan fingerprint density at radius 2 is 2.00 bits per heavy atom. The average Bonchev–Trinajstić information content (AvgIpc) is 2.17. The molecule has 1 unspecified atom stereocenters. The summed E-state index contributed by atoms with van der Waals surface area (Å²) in [6, 6.07) is 7.38. The lowest BCUT2D eigenvalue weighted by Crippen LogP contribution is -1.97. The van der Waals surface area contributed by atoms with Gasteiger partial charge in [0.25, 0.3) is 0 Å². The molecule has 1 N–H and O–H groups in total. The SMILES string of the molecule is CC(C)CCCc1ccccc1S(=O)O. The number of hydrogen-bond acceptors (Lipinski definition) is 1. The van der Waals surface area contributed by atoms with Crippen molar-refractivity contribution in [2.24, 2.45) is 5.92 Å². The van der Waals surface area contributed by atoms with Gasteiger partial charge in [0.05, 0.1) is 4.90 Å². The van der Waals surface area contributed by atoms with Crippen molar-refractivity contribution in [3.8, 4) is 0 Å². The third-order valence-corrected chi connectivity index (χ3v) is 3.16. The van der Waals surface area contributed by atoms with Crippen molar-refractivity contribution < 1.29 is 8.76 Å². The van der Waals surface area contributed by atoms with Crippen LogP contribution in [0.25, 0.3) is 0 Å². The normalized spacial score (nSPS) is 13.1. The summed E-state index contributed by atoms with van der Waals surface area (Å²) in [4.78, 5) is 0.557. The molecule has 0 heterocycles. The van der Waals surface area contributed by atoms with E-state index in [1.54, 1.807) is 12.1 Å². The largest absolute Gasteiger partial charge is 0.302 e. The second-order valence-corrected chi connectivity index (χ2v) is 5.08. The van der Waals surface area contributed by atoms with Gasteiger partial charge in [0.15, 0.2) is 11.1 Å². The van der Waals surface area contributed by atoms with Crippen molar-refractivity contribution in [3.63, 3.8) is 0 Å². The molecule has 84 valence electrons. The fourth-order valence-corrected chi connectivity index (χ4v) is 2.17. The maximum atomic E-state index is 11.0. The summed E-state index contributed by atoms with van der Waals surface area (Å²) in [5.41, 5.74) is 0.999. The van der Waals surface area contributed by atoms with Crippen LogP contribution in [0.3, 0.4) is 0 Å². The summed E-state index contributed by atoms with van der Waals surface area (Å²) in [7, 11) is 0. The molecular formula is C12H18O2S. The van der Waals surface area contributed by atoms with Gasteiger partial charge >= 0.3 is 0 Å². The van der Waals surface area contributed by atoms with Crippen LogP contribution >= 0.6 is 0 Å². The molecule has 1 aromatic rings. The Kier molecular flexibility index (Phi) is 4.99. The smallest absolute Gasteiger partial charge is 0.186 e. The van der Waals surface area contributed by atoms with E-state index in [2.05, 4.69) is 13.8 Å². The maximum Gasteiger partial charge on any atom is 0.186 e. The molecule has 3 heteroatoms. The van der Waals surface area contributed by atoms with E-state index in [1.807, 2.05) is 12.1 Å². The monoisotopic (exact) mass is 226 g/mol. The number of benzene rings is 1. The van der Waals surface area contributed by atoms with Crippen LogP contribution in [-0.2, 0) is 17.5 Å². The van der Waals surface area contributed by atoms with Crippen molar-refractivity contribution in [1.82, 2.24) is 0 Å². The van der Waals surface area contributed by atoms with Gasteiger partial charge in [0.2, 0.25) is 0 Å². The van der Waals surface area contributed by atoms with Crippen LogP contribution in [0.15, 0.2) is 29.2 Å². The van der Waals surface area contributed by atoms with E-state index < -0.39 is 11.1 Å². The van der Waals surface area contributed by atoms with Crippen LogP contribution in [0, 0.1) is 5.92 Å². The van der Waals surface area contributed by atoms with E-state index in [9.17, 15) is 4.21 Å². The summed E-state index contributed by atoms with van der Waals surface area (Å²) in [6.07, 6.45) is 3.12. The van der Waals surface area contributed by atoms with Gasteiger partial charge in [-0.3, -0.25) is 0 Å². The van der Waals surface area contributed by atoms with Gasteiger partial charge < -0.3 is 4.55 Å². The Hall–Kier alpha value is -0.670. The molecule has 0 saturated heterocycles. The van der Waals surface area contributed by atoms with Crippen LogP contribution in [0.2, 0.25) is 0 Å². The molecule has 15 heavy (non-hydrogen) atoms. The molecule has 0 radical (unpaired) electrons. The summed E-state index contributed by atoms with van der Waals surface area (Å²) < 4.78 is 20.1. The van der Waals surface area contributed by atoms with E-state index in [0.29, 0.717) is 10.8 Å². The van der Waals surface area contributed by atoms with Gasteiger partial charge in [-0.1, -0.05) is 38.5 Å². The first-order valence-corrected chi connectivity index (χ1v) is 6.40. The molecule has 0 saturated carbocycles. The van der Waals surface area contributed by atoms with Crippen molar-refractivity contribution in [1.29, 1.82) is 0 Å². The van der Waals surface area contributed by atoms with Crippen molar-refractivity contribution >= 4 is 11.1 Å². The first-order chi connectivity index (χ1) is 7.11. The van der Waals surface area contributed by atoms with Gasteiger partial charge in [0.1, 0.15) is 0 Å². The predicted molar refractivity (Wildman–Crippen MR) is 63.3 cm³/mol. The first-order valence-electron chi connectivity index (χ1n) is 5.30. The van der Waals surface area contributed by atoms with Crippen LogP contribution in [0.4, 0.5) is 0 Å². The van der Waals surface area contributed by atoms with E-state index in [-0.39, 0.29) is 0 Å². The van der Waals surface area contributed by atoms with Gasteiger partial charge in [-0.15, -0.1) is 0 Å². The summed E-state index contributed by atoms with van der Waals surface area (Å²) in [5.74, 6) is 0.691. The average molecular weight is 226 g/mol. The first kappa shape index (κ1) is 12.4. The summed E-state index contributed by atoms with van der Waals surface area (Å²) in [6.45, 7) is 4.38. The molecule has 2 nitrogen and oxygen atoms in total. The highest BCUT2D eigenvalue weighted by Gasteiger charge is 2.06. The molecule has 0 aliphatic heterocycles. The Morgan fingerprint density at radius 1 is 1.33 bits per heavy atom. The summed E-state index contributed by atoms with van der Waals surface area (Å²) >= 11 is -1.85. The highest BCUT2D eigenvalue weighted by molar-refractivity contribution is 7.79. The fourth-order valence-electron chi connectivity index (χ4n) is 1.58. The highest BCUT2D eigenvalue weighted by atomic mass is 32.2. The third-order valence-electron chi connectivity index (χ3n) is 2.39. The molecule has 0 fully saturated rings. The Morgan fingerprint density at radius 3 is 2.60 bits per heavy atom. The second kappa shape index (κ2) is 6.03. The number of aryl methyl sites for hydroxylation is 1. The van der Waals surface area contributed by atoms with Crippen molar-refractivity contribution in [2.75, 3.05) is 0 Å². The molecule has 1 aromatic carbocycles. The van der Waals surface area contributed by atoms with Crippen LogP contribution in [0.5, 0.6) is 0 Å². The lowest BCUT2D eigenvalue weighted by atomic mass is 10.0. The van der Waals surface area contributed by atoms with E-state index in [0.717, 1.165) is 24.8 Å². The molecule has 1 rings (SSSR count). The van der Waals surface area contributed by atoms with Crippen molar-refractivity contribution in [3.05, 3.63) is 29.8 Å². The Bertz CT molecular complexity index is 334. The zero-order valence-electron chi connectivity index (χ0n) is 9.27. The second-order valence-electron chi connectivity index (χ2n) is 4.14. The molecule has 0 aromatic heterocycles. The van der Waals surface area contributed by atoms with Crippen molar-refractivity contribution in [2.45, 2.75) is 38.0 Å². The van der Waals surface area contributed by atoms with E-state index >= 15 is 0 Å². The number of rotatable bonds is 5. The molecule has 0 amide bonds. The minimum absolute atomic E-state index is 0.557. The fraction of sp³-hybridized carbons (Fsp3) is 0.500. The number of hydrogen-bond donors (Lipinski definition) is 1. The van der Waals surface area contributed by atoms with Crippen LogP contribution < -0.4 is 0 Å². The summed E-state index contributed by atoms with van der Waals surface area (Å²) in [5, 5.41) is 0. The standard InChI is InChI=1S/C12H18O2S/c1-10(2)6-5-8-11-7-3-4-9-12(11)15(13)14/h3-4,7,9-10H,5-6,8H2,1-2H3,(H,13,14). The Labute approximate surface area is 94.0 Å². The zero-order chi connectivity index (χ0) is 11.3. The highest BCUT2D eigenvalue weighted by Crippen LogP contribution is 2.16. The van der Waals surface area contributed by atoms with Gasteiger partial charge in [-0.2, -0.15) is 0 Å². The molecule has 1 atom stereocenters. The van der Waals surface area contributed by atoms with Gasteiger partial charge in [0, 0.05) is 0 Å². The van der Waals surface area contributed by atoms with E-state index in [1.165, 1.54) is 0 Å². The molecule has 0 bridgehead atoms. The minimum atomic E-state index is -1.85. The third kappa shape index (κ3) is 4.14. The van der Waals surface area contributed by atoms with Gasteiger partial charge in [-0.05, 0) is 30.4 Å². The maximum absolute atomic E-state index is 11.0. The lowest BCUT2D eigenvalue weighted by Gasteiger charge is -2.07. The lowest BCUT2D eigenvalue weighted by molar-refractivity contribution is 0.549. The van der Waals surface area contributed by atoms with Crippen LogP contribution in [-0.4, -0.2) is 8.76 Å². The quantitative estimate of drug-likeness (QED) is 0.782. The Balaban J connectivity index is 2.63. The topological polar surface area (TPSA) is 37.3 Å². The minimum Gasteiger partial charge on any atom is -0.302 e. The molecule has 0 aliphatic carbocycles. The molecule has 0 spiro atoms. The van der Waals surface area contributed by atoms with E-state index in [4.69, 9.17) is 4.55 Å². The van der Waals surface area contributed by atoms with Gasteiger partial charge in [-0.25, -0.2) is 4.21 Å². The molecule has 0 aliphatic rings. The zero-order valence-corrected chi connectivity index (χ0v) is 10.1. The van der Waals surface area contributed by atoms with Crippen LogP contribution in [0.1, 0.15) is 32.3 Å².